The van der Waals surface area contributed by atoms with Crippen LogP contribution in [-0.2, 0) is 6.42 Å². The van der Waals surface area contributed by atoms with E-state index in [1.54, 1.807) is 40.7 Å². The second kappa shape index (κ2) is 10.1. The number of hydrogen-bond acceptors (Lipinski definition) is 3. The summed E-state index contributed by atoms with van der Waals surface area (Å²) in [7, 11) is 1.71. The van der Waals surface area contributed by atoms with Gasteiger partial charge in [0.25, 0.3) is 5.91 Å². The van der Waals surface area contributed by atoms with Crippen LogP contribution in [0.15, 0.2) is 113 Å². The van der Waals surface area contributed by atoms with Crippen molar-refractivity contribution in [2.24, 2.45) is 0 Å². The second-order valence-corrected chi connectivity index (χ2v) is 9.31. The molecule has 1 N–H and O–H groups in total. The Morgan fingerprint density at radius 2 is 1.34 bits per heavy atom. The third-order valence-electron chi connectivity index (χ3n) is 5.96. The van der Waals surface area contributed by atoms with Gasteiger partial charge in [0.15, 0.2) is 0 Å². The van der Waals surface area contributed by atoms with Gasteiger partial charge in [-0.15, -0.1) is 0 Å². The molecule has 5 nitrogen and oxygen atoms in total. The van der Waals surface area contributed by atoms with Gasteiger partial charge in [0.05, 0.1) is 22.6 Å². The molecule has 0 saturated heterocycles. The van der Waals surface area contributed by atoms with E-state index in [0.717, 1.165) is 33.2 Å². The highest BCUT2D eigenvalue weighted by Gasteiger charge is 2.31. The van der Waals surface area contributed by atoms with Crippen LogP contribution < -0.4 is 15.1 Å². The van der Waals surface area contributed by atoms with Gasteiger partial charge in [-0.1, -0.05) is 78.5 Å². The molecule has 174 valence electrons. The van der Waals surface area contributed by atoms with Crippen molar-refractivity contribution in [1.82, 2.24) is 5.32 Å². The molecule has 0 bridgehead atoms. The molecule has 0 atom stereocenters. The van der Waals surface area contributed by atoms with Crippen LogP contribution in [-0.4, -0.2) is 25.5 Å². The Hall–Kier alpha value is -4.03. The van der Waals surface area contributed by atoms with Crippen LogP contribution in [0.3, 0.4) is 0 Å². The Morgan fingerprint density at radius 3 is 2.03 bits per heavy atom. The highest BCUT2D eigenvalue weighted by Crippen LogP contribution is 2.48. The number of fused-ring (bicyclic) bond motifs is 2. The molecular formula is C29H25N3O2S. The molecule has 4 aromatic carbocycles. The lowest BCUT2D eigenvalue weighted by Gasteiger charge is -2.34. The monoisotopic (exact) mass is 479 g/mol. The van der Waals surface area contributed by atoms with Crippen LogP contribution in [0.25, 0.3) is 0 Å². The van der Waals surface area contributed by atoms with Crippen molar-refractivity contribution >= 4 is 40.8 Å². The van der Waals surface area contributed by atoms with E-state index < -0.39 is 0 Å². The number of hydrogen-bond donors (Lipinski definition) is 1. The van der Waals surface area contributed by atoms with Crippen LogP contribution in [0.5, 0.6) is 0 Å². The van der Waals surface area contributed by atoms with Crippen LogP contribution in [0.2, 0.25) is 0 Å². The highest BCUT2D eigenvalue weighted by atomic mass is 32.2. The number of nitrogens with zero attached hydrogens (tertiary/aromatic N) is 2. The molecule has 0 unspecified atom stereocenters. The average Bonchev–Trinajstić information content (AvgIpc) is 2.91. The molecule has 1 aliphatic heterocycles. The molecule has 6 heteroatoms. The Kier molecular flexibility index (Phi) is 6.55. The molecule has 1 aliphatic rings. The van der Waals surface area contributed by atoms with E-state index in [4.69, 9.17) is 0 Å². The Labute approximate surface area is 209 Å². The average molecular weight is 480 g/mol. The molecule has 3 amide bonds. The lowest BCUT2D eigenvalue weighted by Crippen LogP contribution is -2.40. The van der Waals surface area contributed by atoms with Gasteiger partial charge in [-0.25, -0.2) is 4.79 Å². The van der Waals surface area contributed by atoms with Gasteiger partial charge in [0.1, 0.15) is 0 Å². The van der Waals surface area contributed by atoms with Crippen LogP contribution in [0.1, 0.15) is 15.9 Å². The predicted octanol–water partition coefficient (Wildman–Crippen LogP) is 6.52. The molecule has 5 rings (SSSR count). The molecule has 0 fully saturated rings. The van der Waals surface area contributed by atoms with Gasteiger partial charge >= 0.3 is 6.03 Å². The fourth-order valence-corrected chi connectivity index (χ4v) is 5.24. The number of benzene rings is 4. The van der Waals surface area contributed by atoms with E-state index in [-0.39, 0.29) is 11.9 Å². The van der Waals surface area contributed by atoms with Crippen LogP contribution in [0.4, 0.5) is 21.9 Å². The van der Waals surface area contributed by atoms with E-state index in [0.29, 0.717) is 17.8 Å². The van der Waals surface area contributed by atoms with Gasteiger partial charge in [-0.05, 0) is 48.4 Å². The minimum atomic E-state index is -0.227. The van der Waals surface area contributed by atoms with E-state index in [1.807, 2.05) is 91.0 Å². The van der Waals surface area contributed by atoms with E-state index in [9.17, 15) is 9.59 Å². The standard InChI is InChI=1S/C29H25N3O2S/c1-31(23-14-6-5-13-22(23)28(33)30-20-19-21-11-3-2-4-12-21)29(34)32-24-15-7-9-17-26(24)35-27-18-10-8-16-25(27)32/h2-18H,19-20H2,1H3,(H,30,33). The summed E-state index contributed by atoms with van der Waals surface area (Å²) in [4.78, 5) is 32.3. The van der Waals surface area contributed by atoms with E-state index >= 15 is 0 Å². The number of anilines is 3. The number of carbonyl (C=O) groups is 2. The molecule has 0 radical (unpaired) electrons. The first-order valence-electron chi connectivity index (χ1n) is 11.5. The van der Waals surface area contributed by atoms with Crippen LogP contribution in [0, 0.1) is 0 Å². The zero-order valence-electron chi connectivity index (χ0n) is 19.3. The van der Waals surface area contributed by atoms with Crippen LogP contribution >= 0.6 is 11.8 Å². The maximum atomic E-state index is 13.9. The lowest BCUT2D eigenvalue weighted by molar-refractivity contribution is 0.0955. The molecule has 4 aromatic rings. The Balaban J connectivity index is 1.40. The van der Waals surface area contributed by atoms with E-state index in [2.05, 4.69) is 5.32 Å². The number of amides is 3. The van der Waals surface area contributed by atoms with Gasteiger partial charge < -0.3 is 5.32 Å². The molecule has 0 saturated carbocycles. The summed E-state index contributed by atoms with van der Waals surface area (Å²) < 4.78 is 0. The van der Waals surface area contributed by atoms with Gasteiger partial charge in [-0.2, -0.15) is 0 Å². The van der Waals surface area contributed by atoms with Crippen molar-refractivity contribution in [3.63, 3.8) is 0 Å². The quantitative estimate of drug-likeness (QED) is 0.355. The molecule has 0 aliphatic carbocycles. The molecule has 0 aromatic heterocycles. The van der Waals surface area contributed by atoms with Gasteiger partial charge in [-0.3, -0.25) is 14.6 Å². The number of carbonyl (C=O) groups excluding carboxylic acids is 2. The summed E-state index contributed by atoms with van der Waals surface area (Å²) in [6.45, 7) is 0.513. The fourth-order valence-electron chi connectivity index (χ4n) is 4.18. The Bertz CT molecular complexity index is 1330. The fraction of sp³-hybridized carbons (Fsp3) is 0.103. The first-order valence-corrected chi connectivity index (χ1v) is 12.3. The van der Waals surface area contributed by atoms with E-state index in [1.165, 1.54) is 0 Å². The zero-order chi connectivity index (χ0) is 24.2. The van der Waals surface area contributed by atoms with Crippen molar-refractivity contribution < 1.29 is 9.59 Å². The topological polar surface area (TPSA) is 52.7 Å². The Morgan fingerprint density at radius 1 is 0.771 bits per heavy atom. The summed E-state index contributed by atoms with van der Waals surface area (Å²) in [5.74, 6) is -0.203. The summed E-state index contributed by atoms with van der Waals surface area (Å²) in [5.41, 5.74) is 3.84. The van der Waals surface area contributed by atoms with Crippen molar-refractivity contribution in [3.8, 4) is 0 Å². The first-order chi connectivity index (χ1) is 17.1. The minimum Gasteiger partial charge on any atom is -0.352 e. The number of para-hydroxylation sites is 3. The third-order valence-corrected chi connectivity index (χ3v) is 7.09. The number of nitrogens with one attached hydrogen (secondary N) is 1. The largest absolute Gasteiger partial charge is 0.352 e. The number of urea groups is 1. The second-order valence-electron chi connectivity index (χ2n) is 8.22. The van der Waals surface area contributed by atoms with Crippen molar-refractivity contribution in [2.45, 2.75) is 16.2 Å². The molecular weight excluding hydrogens is 454 g/mol. The zero-order valence-corrected chi connectivity index (χ0v) is 20.2. The normalized spacial score (nSPS) is 11.9. The number of rotatable bonds is 5. The summed E-state index contributed by atoms with van der Waals surface area (Å²) in [6, 6.07) is 32.8. The summed E-state index contributed by atoms with van der Waals surface area (Å²) in [5, 5.41) is 3.00. The molecule has 35 heavy (non-hydrogen) atoms. The van der Waals surface area contributed by atoms with Gasteiger partial charge in [0.2, 0.25) is 0 Å². The van der Waals surface area contributed by atoms with Crippen molar-refractivity contribution in [3.05, 3.63) is 114 Å². The molecule has 0 spiro atoms. The minimum absolute atomic E-state index is 0.203. The summed E-state index contributed by atoms with van der Waals surface area (Å²) in [6.07, 6.45) is 0.739. The third kappa shape index (κ3) is 4.66. The van der Waals surface area contributed by atoms with Crippen molar-refractivity contribution in [2.75, 3.05) is 23.4 Å². The maximum absolute atomic E-state index is 13.9. The molecule has 1 heterocycles. The SMILES string of the molecule is CN(C(=O)N1c2ccccc2Sc2ccccc21)c1ccccc1C(=O)NCCc1ccccc1. The lowest BCUT2D eigenvalue weighted by atomic mass is 10.1. The first kappa shape index (κ1) is 22.7. The predicted molar refractivity (Wildman–Crippen MR) is 142 cm³/mol. The summed E-state index contributed by atoms with van der Waals surface area (Å²) >= 11 is 1.65. The smallest absolute Gasteiger partial charge is 0.333 e. The maximum Gasteiger partial charge on any atom is 0.333 e. The van der Waals surface area contributed by atoms with Gasteiger partial charge in [0, 0.05) is 23.4 Å². The highest BCUT2D eigenvalue weighted by molar-refractivity contribution is 7.99. The van der Waals surface area contributed by atoms with Crippen molar-refractivity contribution in [1.29, 1.82) is 0 Å².